The number of halogens is 3. The van der Waals surface area contributed by atoms with Crippen LogP contribution in [0, 0.1) is 0 Å². The Labute approximate surface area is 98.0 Å². The smallest absolute Gasteiger partial charge is 0.422 e. The van der Waals surface area contributed by atoms with Crippen LogP contribution in [-0.2, 0) is 6.42 Å². The Kier molecular flexibility index (Phi) is 4.31. The zero-order valence-electron chi connectivity index (χ0n) is 10.0. The summed E-state index contributed by atoms with van der Waals surface area (Å²) in [5.41, 5.74) is 1.37. The van der Waals surface area contributed by atoms with Gasteiger partial charge in [-0.2, -0.15) is 18.2 Å². The van der Waals surface area contributed by atoms with Crippen molar-refractivity contribution in [1.29, 1.82) is 0 Å². The summed E-state index contributed by atoms with van der Waals surface area (Å²) in [6.45, 7) is 4.34. The first-order chi connectivity index (χ1) is 7.81. The minimum absolute atomic E-state index is 0.122. The van der Waals surface area contributed by atoms with Gasteiger partial charge >= 0.3 is 12.2 Å². The minimum Gasteiger partial charge on any atom is -0.454 e. The van der Waals surface area contributed by atoms with Crippen molar-refractivity contribution in [2.45, 2.75) is 39.3 Å². The molecule has 0 saturated carbocycles. The van der Waals surface area contributed by atoms with Crippen LogP contribution < -0.4 is 4.74 Å². The van der Waals surface area contributed by atoms with Gasteiger partial charge in [0.1, 0.15) is 0 Å². The Morgan fingerprint density at radius 2 is 1.94 bits per heavy atom. The molecule has 1 heterocycles. The fourth-order valence-corrected chi connectivity index (χ4v) is 1.18. The average molecular weight is 248 g/mol. The largest absolute Gasteiger partial charge is 0.454 e. The minimum atomic E-state index is -4.37. The van der Waals surface area contributed by atoms with E-state index < -0.39 is 12.8 Å². The van der Waals surface area contributed by atoms with Gasteiger partial charge in [-0.3, -0.25) is 0 Å². The Morgan fingerprint density at radius 1 is 1.29 bits per heavy atom. The van der Waals surface area contributed by atoms with E-state index in [1.165, 1.54) is 0 Å². The maximum atomic E-state index is 12.0. The third-order valence-electron chi connectivity index (χ3n) is 2.10. The second kappa shape index (κ2) is 5.33. The number of aromatic nitrogens is 2. The van der Waals surface area contributed by atoms with Crippen molar-refractivity contribution in [3.8, 4) is 6.01 Å². The first-order valence-corrected chi connectivity index (χ1v) is 5.39. The number of alkyl halides is 3. The van der Waals surface area contributed by atoms with Crippen LogP contribution in [0.5, 0.6) is 6.01 Å². The summed E-state index contributed by atoms with van der Waals surface area (Å²) in [5.74, 6) is 0.122. The van der Waals surface area contributed by atoms with Crippen LogP contribution in [0.15, 0.2) is 6.07 Å². The Balaban J connectivity index is 2.87. The lowest BCUT2D eigenvalue weighted by atomic mass is 10.1. The number of rotatable bonds is 4. The molecule has 0 bridgehead atoms. The maximum Gasteiger partial charge on any atom is 0.422 e. The number of ether oxygens (including phenoxy) is 1. The molecule has 0 unspecified atom stereocenters. The van der Waals surface area contributed by atoms with Gasteiger partial charge in [-0.05, 0) is 18.4 Å². The van der Waals surface area contributed by atoms with Gasteiger partial charge in [0, 0.05) is 5.69 Å². The zero-order chi connectivity index (χ0) is 13.1. The predicted octanol–water partition coefficient (Wildman–Crippen LogP) is 3.10. The number of hydrogen-bond acceptors (Lipinski definition) is 3. The molecule has 0 fully saturated rings. The van der Waals surface area contributed by atoms with Gasteiger partial charge in [0.2, 0.25) is 0 Å². The number of nitrogens with zero attached hydrogens (tertiary/aromatic N) is 2. The van der Waals surface area contributed by atoms with E-state index in [4.69, 9.17) is 0 Å². The van der Waals surface area contributed by atoms with Crippen LogP contribution in [0.1, 0.15) is 38.1 Å². The molecule has 0 aromatic carbocycles. The van der Waals surface area contributed by atoms with Crippen molar-refractivity contribution in [3.05, 3.63) is 17.5 Å². The van der Waals surface area contributed by atoms with E-state index in [9.17, 15) is 13.2 Å². The van der Waals surface area contributed by atoms with Crippen molar-refractivity contribution in [3.63, 3.8) is 0 Å². The molecule has 1 aromatic heterocycles. The highest BCUT2D eigenvalue weighted by Crippen LogP contribution is 2.19. The molecule has 0 radical (unpaired) electrons. The first kappa shape index (κ1) is 13.7. The molecular formula is C11H15F3N2O. The predicted molar refractivity (Wildman–Crippen MR) is 57.0 cm³/mol. The molecule has 0 spiro atoms. The van der Waals surface area contributed by atoms with Gasteiger partial charge in [-0.25, -0.2) is 4.98 Å². The second-order valence-corrected chi connectivity index (χ2v) is 3.98. The van der Waals surface area contributed by atoms with E-state index in [1.54, 1.807) is 6.07 Å². The molecule has 1 aromatic rings. The fraction of sp³-hybridized carbons (Fsp3) is 0.636. The van der Waals surface area contributed by atoms with E-state index in [0.29, 0.717) is 17.8 Å². The van der Waals surface area contributed by atoms with Crippen molar-refractivity contribution >= 4 is 0 Å². The van der Waals surface area contributed by atoms with Gasteiger partial charge in [-0.1, -0.05) is 20.8 Å². The van der Waals surface area contributed by atoms with Crippen LogP contribution in [0.4, 0.5) is 13.2 Å². The standard InChI is InChI=1S/C11H15F3N2O/c1-4-8-5-9(7(2)3)16-10(15-8)17-6-11(12,13)14/h5,7H,4,6H2,1-3H3. The van der Waals surface area contributed by atoms with Crippen LogP contribution >= 0.6 is 0 Å². The zero-order valence-corrected chi connectivity index (χ0v) is 10.0. The molecule has 0 aliphatic carbocycles. The van der Waals surface area contributed by atoms with Gasteiger partial charge in [0.25, 0.3) is 0 Å². The molecule has 1 rings (SSSR count). The summed E-state index contributed by atoms with van der Waals surface area (Å²) in [5, 5.41) is 0. The summed E-state index contributed by atoms with van der Waals surface area (Å²) in [6.07, 6.45) is -3.74. The van der Waals surface area contributed by atoms with E-state index in [1.807, 2.05) is 20.8 Å². The quantitative estimate of drug-likeness (QED) is 0.821. The molecule has 0 amide bonds. The van der Waals surface area contributed by atoms with Gasteiger partial charge in [-0.15, -0.1) is 0 Å². The second-order valence-electron chi connectivity index (χ2n) is 3.98. The van der Waals surface area contributed by atoms with Gasteiger partial charge in [0.15, 0.2) is 6.61 Å². The molecule has 0 aliphatic heterocycles. The molecule has 3 nitrogen and oxygen atoms in total. The Bertz CT molecular complexity index is 377. The molecule has 0 atom stereocenters. The van der Waals surface area contributed by atoms with Crippen LogP contribution in [0.25, 0.3) is 0 Å². The molecule has 6 heteroatoms. The molecular weight excluding hydrogens is 233 g/mol. The fourth-order valence-electron chi connectivity index (χ4n) is 1.18. The normalized spacial score (nSPS) is 11.9. The van der Waals surface area contributed by atoms with E-state index in [-0.39, 0.29) is 11.9 Å². The van der Waals surface area contributed by atoms with E-state index in [0.717, 1.165) is 0 Å². The summed E-state index contributed by atoms with van der Waals surface area (Å²) in [6, 6.07) is 1.58. The lowest BCUT2D eigenvalue weighted by molar-refractivity contribution is -0.154. The Hall–Kier alpha value is -1.33. The van der Waals surface area contributed by atoms with Gasteiger partial charge < -0.3 is 4.74 Å². The molecule has 96 valence electrons. The van der Waals surface area contributed by atoms with Gasteiger partial charge in [0.05, 0.1) is 5.69 Å². The third kappa shape index (κ3) is 4.58. The van der Waals surface area contributed by atoms with Crippen molar-refractivity contribution in [2.75, 3.05) is 6.61 Å². The summed E-state index contributed by atoms with van der Waals surface area (Å²) >= 11 is 0. The van der Waals surface area contributed by atoms with E-state index >= 15 is 0 Å². The third-order valence-corrected chi connectivity index (χ3v) is 2.10. The molecule has 0 saturated heterocycles. The number of hydrogen-bond donors (Lipinski definition) is 0. The lowest BCUT2D eigenvalue weighted by Gasteiger charge is -2.11. The topological polar surface area (TPSA) is 35.0 Å². The van der Waals surface area contributed by atoms with Crippen LogP contribution in [-0.4, -0.2) is 22.8 Å². The van der Waals surface area contributed by atoms with Crippen LogP contribution in [0.2, 0.25) is 0 Å². The molecule has 0 aliphatic rings. The highest BCUT2D eigenvalue weighted by Gasteiger charge is 2.29. The number of aryl methyl sites for hydroxylation is 1. The van der Waals surface area contributed by atoms with Crippen molar-refractivity contribution in [2.24, 2.45) is 0 Å². The van der Waals surface area contributed by atoms with E-state index in [2.05, 4.69) is 14.7 Å². The van der Waals surface area contributed by atoms with Crippen molar-refractivity contribution < 1.29 is 17.9 Å². The highest BCUT2D eigenvalue weighted by molar-refractivity contribution is 5.16. The molecule has 17 heavy (non-hydrogen) atoms. The Morgan fingerprint density at radius 3 is 2.41 bits per heavy atom. The monoisotopic (exact) mass is 248 g/mol. The summed E-state index contributed by atoms with van der Waals surface area (Å²) in [7, 11) is 0. The average Bonchev–Trinajstić information content (AvgIpc) is 2.25. The summed E-state index contributed by atoms with van der Waals surface area (Å²) < 4.78 is 40.6. The first-order valence-electron chi connectivity index (χ1n) is 5.39. The highest BCUT2D eigenvalue weighted by atomic mass is 19.4. The maximum absolute atomic E-state index is 12.0. The SMILES string of the molecule is CCc1cc(C(C)C)nc(OCC(F)(F)F)n1. The lowest BCUT2D eigenvalue weighted by Crippen LogP contribution is -2.20. The summed E-state index contributed by atoms with van der Waals surface area (Å²) in [4.78, 5) is 7.85. The van der Waals surface area contributed by atoms with Crippen LogP contribution in [0.3, 0.4) is 0 Å². The molecule has 0 N–H and O–H groups in total. The van der Waals surface area contributed by atoms with Crippen molar-refractivity contribution in [1.82, 2.24) is 9.97 Å².